The van der Waals surface area contributed by atoms with Crippen molar-refractivity contribution in [3.05, 3.63) is 76.4 Å². The SMILES string of the molecule is Cc1nnnn1-c1cc(NC(=O)c2ccc(-n3cncn3)c([N+](=O)[O-])c2)ccc1F. The molecule has 1 amide bonds. The predicted molar refractivity (Wildman–Crippen MR) is 99.8 cm³/mol. The van der Waals surface area contributed by atoms with E-state index in [1.165, 1.54) is 46.3 Å². The lowest BCUT2D eigenvalue weighted by Crippen LogP contribution is -2.14. The Morgan fingerprint density at radius 2 is 2.03 bits per heavy atom. The van der Waals surface area contributed by atoms with Gasteiger partial charge in [-0.25, -0.2) is 14.1 Å². The maximum absolute atomic E-state index is 14.2. The first-order valence-corrected chi connectivity index (χ1v) is 8.44. The minimum atomic E-state index is -0.621. The molecule has 2 aromatic carbocycles. The number of aryl methyl sites for hydroxylation is 1. The fourth-order valence-electron chi connectivity index (χ4n) is 2.75. The van der Waals surface area contributed by atoms with Crippen molar-refractivity contribution in [1.82, 2.24) is 35.0 Å². The van der Waals surface area contributed by atoms with Crippen molar-refractivity contribution in [3.8, 4) is 11.4 Å². The smallest absolute Gasteiger partial charge is 0.295 e. The number of nitro groups is 1. The van der Waals surface area contributed by atoms with E-state index in [-0.39, 0.29) is 28.3 Å². The molecule has 0 aliphatic carbocycles. The van der Waals surface area contributed by atoms with Crippen LogP contribution < -0.4 is 5.32 Å². The van der Waals surface area contributed by atoms with E-state index in [4.69, 9.17) is 0 Å². The van der Waals surface area contributed by atoms with Crippen molar-refractivity contribution >= 4 is 17.3 Å². The summed E-state index contributed by atoms with van der Waals surface area (Å²) in [6.45, 7) is 1.60. The number of carbonyl (C=O) groups excluding carboxylic acids is 1. The molecule has 12 nitrogen and oxygen atoms in total. The number of anilines is 1. The van der Waals surface area contributed by atoms with E-state index in [2.05, 4.69) is 30.9 Å². The highest BCUT2D eigenvalue weighted by molar-refractivity contribution is 6.05. The minimum Gasteiger partial charge on any atom is -0.322 e. The van der Waals surface area contributed by atoms with Gasteiger partial charge in [0.1, 0.15) is 29.8 Å². The first-order valence-electron chi connectivity index (χ1n) is 8.44. The van der Waals surface area contributed by atoms with Crippen LogP contribution in [-0.4, -0.2) is 45.8 Å². The van der Waals surface area contributed by atoms with Gasteiger partial charge in [-0.2, -0.15) is 9.78 Å². The van der Waals surface area contributed by atoms with E-state index in [0.29, 0.717) is 5.82 Å². The van der Waals surface area contributed by atoms with Gasteiger partial charge in [-0.1, -0.05) is 0 Å². The lowest BCUT2D eigenvalue weighted by molar-refractivity contribution is -0.384. The second kappa shape index (κ2) is 7.46. The van der Waals surface area contributed by atoms with Crippen LogP contribution in [0.2, 0.25) is 0 Å². The first-order chi connectivity index (χ1) is 14.4. The number of aromatic nitrogens is 7. The fourth-order valence-corrected chi connectivity index (χ4v) is 2.75. The van der Waals surface area contributed by atoms with E-state index in [0.717, 1.165) is 12.1 Å². The van der Waals surface area contributed by atoms with Gasteiger partial charge in [0.15, 0.2) is 5.82 Å². The summed E-state index contributed by atoms with van der Waals surface area (Å²) in [6.07, 6.45) is 2.55. The Hall–Kier alpha value is -4.55. The number of amides is 1. The van der Waals surface area contributed by atoms with Crippen LogP contribution in [-0.2, 0) is 0 Å². The summed E-state index contributed by atoms with van der Waals surface area (Å²) >= 11 is 0. The van der Waals surface area contributed by atoms with E-state index in [9.17, 15) is 19.3 Å². The number of nitrogens with one attached hydrogen (secondary N) is 1. The second-order valence-corrected chi connectivity index (χ2v) is 6.06. The van der Waals surface area contributed by atoms with E-state index in [1.54, 1.807) is 6.92 Å². The van der Waals surface area contributed by atoms with Crippen LogP contribution >= 0.6 is 0 Å². The molecule has 150 valence electrons. The summed E-state index contributed by atoms with van der Waals surface area (Å²) in [6, 6.07) is 7.80. The van der Waals surface area contributed by atoms with Crippen molar-refractivity contribution in [2.75, 3.05) is 5.32 Å². The maximum Gasteiger partial charge on any atom is 0.295 e. The van der Waals surface area contributed by atoms with Gasteiger partial charge in [-0.05, 0) is 47.7 Å². The standard InChI is InChI=1S/C17H12FN9O3/c1-10-22-23-24-26(10)15-7-12(3-4-13(15)18)21-17(28)11-2-5-14(16(6-11)27(29)30)25-9-19-8-20-25/h2-9H,1H3,(H,21,28). The summed E-state index contributed by atoms with van der Waals surface area (Å²) in [5.74, 6) is -0.845. The van der Waals surface area contributed by atoms with Gasteiger partial charge in [-0.3, -0.25) is 14.9 Å². The van der Waals surface area contributed by atoms with Gasteiger partial charge >= 0.3 is 0 Å². The molecule has 0 unspecified atom stereocenters. The minimum absolute atomic E-state index is 0.0371. The highest BCUT2D eigenvalue weighted by atomic mass is 19.1. The van der Waals surface area contributed by atoms with E-state index in [1.807, 2.05) is 0 Å². The number of nitrogens with zero attached hydrogens (tertiary/aromatic N) is 8. The molecule has 0 saturated heterocycles. The third-order valence-corrected chi connectivity index (χ3v) is 4.16. The Bertz CT molecular complexity index is 1250. The van der Waals surface area contributed by atoms with Gasteiger partial charge < -0.3 is 5.32 Å². The van der Waals surface area contributed by atoms with Crippen LogP contribution in [0.3, 0.4) is 0 Å². The molecule has 0 atom stereocenters. The summed E-state index contributed by atoms with van der Waals surface area (Å²) in [7, 11) is 0. The lowest BCUT2D eigenvalue weighted by Gasteiger charge is -2.10. The number of nitro benzene ring substituents is 1. The average molecular weight is 409 g/mol. The van der Waals surface area contributed by atoms with Crippen LogP contribution in [0.5, 0.6) is 0 Å². The molecule has 4 rings (SSSR count). The average Bonchev–Trinajstić information content (AvgIpc) is 3.41. The summed E-state index contributed by atoms with van der Waals surface area (Å²) in [5, 5.41) is 28.8. The Labute approximate surface area is 167 Å². The quantitative estimate of drug-likeness (QED) is 0.388. The van der Waals surface area contributed by atoms with Crippen LogP contribution in [0.15, 0.2) is 49.1 Å². The Balaban J connectivity index is 1.64. The number of rotatable bonds is 5. The predicted octanol–water partition coefficient (Wildman–Crippen LogP) is 1.85. The Morgan fingerprint density at radius 1 is 1.20 bits per heavy atom. The molecule has 0 saturated carbocycles. The van der Waals surface area contributed by atoms with Gasteiger partial charge in [-0.15, -0.1) is 5.10 Å². The molecule has 13 heteroatoms. The summed E-state index contributed by atoms with van der Waals surface area (Å²) in [5.41, 5.74) is 0.177. The molecule has 0 fully saturated rings. The third-order valence-electron chi connectivity index (χ3n) is 4.16. The first kappa shape index (κ1) is 18.8. The van der Waals surface area contributed by atoms with Crippen molar-refractivity contribution in [2.45, 2.75) is 6.92 Å². The molecule has 0 spiro atoms. The number of halogens is 1. The molecule has 0 radical (unpaired) electrons. The number of hydrogen-bond acceptors (Lipinski definition) is 8. The molecule has 1 N–H and O–H groups in total. The van der Waals surface area contributed by atoms with Crippen LogP contribution in [0.25, 0.3) is 11.4 Å². The third kappa shape index (κ3) is 3.46. The zero-order valence-electron chi connectivity index (χ0n) is 15.3. The van der Waals surface area contributed by atoms with Crippen molar-refractivity contribution < 1.29 is 14.1 Å². The lowest BCUT2D eigenvalue weighted by atomic mass is 10.1. The van der Waals surface area contributed by atoms with Crippen molar-refractivity contribution in [2.24, 2.45) is 0 Å². The highest BCUT2D eigenvalue weighted by Crippen LogP contribution is 2.25. The maximum atomic E-state index is 14.2. The molecule has 0 aliphatic heterocycles. The van der Waals surface area contributed by atoms with Crippen molar-refractivity contribution in [3.63, 3.8) is 0 Å². The molecule has 30 heavy (non-hydrogen) atoms. The van der Waals surface area contributed by atoms with Crippen LogP contribution in [0.4, 0.5) is 15.8 Å². The van der Waals surface area contributed by atoms with Crippen LogP contribution in [0, 0.1) is 22.9 Å². The Morgan fingerprint density at radius 3 is 2.70 bits per heavy atom. The fraction of sp³-hybridized carbons (Fsp3) is 0.0588. The zero-order chi connectivity index (χ0) is 21.3. The van der Waals surface area contributed by atoms with E-state index < -0.39 is 16.6 Å². The molecule has 0 bridgehead atoms. The monoisotopic (exact) mass is 409 g/mol. The van der Waals surface area contributed by atoms with Gasteiger partial charge in [0.25, 0.3) is 11.6 Å². The highest BCUT2D eigenvalue weighted by Gasteiger charge is 2.20. The summed E-state index contributed by atoms with van der Waals surface area (Å²) < 4.78 is 16.6. The van der Waals surface area contributed by atoms with Crippen LogP contribution in [0.1, 0.15) is 16.2 Å². The van der Waals surface area contributed by atoms with Gasteiger partial charge in [0.2, 0.25) is 0 Å². The molecule has 4 aromatic rings. The normalized spacial score (nSPS) is 10.7. The molecule has 2 heterocycles. The van der Waals surface area contributed by atoms with Gasteiger partial charge in [0.05, 0.1) is 4.92 Å². The van der Waals surface area contributed by atoms with E-state index >= 15 is 0 Å². The topological polar surface area (TPSA) is 147 Å². The number of carbonyl (C=O) groups is 1. The molecule has 0 aliphatic rings. The molecular weight excluding hydrogens is 397 g/mol. The number of hydrogen-bond donors (Lipinski definition) is 1. The second-order valence-electron chi connectivity index (χ2n) is 6.06. The Kier molecular flexibility index (Phi) is 4.67. The number of tetrazole rings is 1. The zero-order valence-corrected chi connectivity index (χ0v) is 15.3. The largest absolute Gasteiger partial charge is 0.322 e. The molecule has 2 aromatic heterocycles. The summed E-state index contributed by atoms with van der Waals surface area (Å²) in [4.78, 5) is 27.2. The molecular formula is C17H12FN9O3. The van der Waals surface area contributed by atoms with Crippen molar-refractivity contribution in [1.29, 1.82) is 0 Å². The van der Waals surface area contributed by atoms with Gasteiger partial charge in [0, 0.05) is 17.3 Å². The number of benzene rings is 2.